The Hall–Kier alpha value is -2.70. The SMILES string of the molecule is Cc1ccc(C(=O)OCCOc2cccc(OC(F)(F)F)c2)cc1. The van der Waals surface area contributed by atoms with Gasteiger partial charge in [0.05, 0.1) is 5.56 Å². The van der Waals surface area contributed by atoms with E-state index in [1.165, 1.54) is 12.1 Å². The van der Waals surface area contributed by atoms with Crippen molar-refractivity contribution in [3.8, 4) is 11.5 Å². The number of alkyl halides is 3. The largest absolute Gasteiger partial charge is 0.573 e. The fourth-order valence-corrected chi connectivity index (χ4v) is 1.83. The average molecular weight is 340 g/mol. The van der Waals surface area contributed by atoms with Crippen LogP contribution in [0.1, 0.15) is 15.9 Å². The third-order valence-electron chi connectivity index (χ3n) is 2.91. The van der Waals surface area contributed by atoms with Gasteiger partial charge in [0, 0.05) is 6.07 Å². The number of halogens is 3. The zero-order chi connectivity index (χ0) is 17.6. The lowest BCUT2D eigenvalue weighted by Gasteiger charge is -2.11. The molecular weight excluding hydrogens is 325 g/mol. The maximum absolute atomic E-state index is 12.1. The highest BCUT2D eigenvalue weighted by atomic mass is 19.4. The van der Waals surface area contributed by atoms with Crippen molar-refractivity contribution in [2.75, 3.05) is 13.2 Å². The summed E-state index contributed by atoms with van der Waals surface area (Å²) >= 11 is 0. The lowest BCUT2D eigenvalue weighted by molar-refractivity contribution is -0.274. The summed E-state index contributed by atoms with van der Waals surface area (Å²) in [5, 5.41) is 0. The predicted molar refractivity (Wildman–Crippen MR) is 80.1 cm³/mol. The highest BCUT2D eigenvalue weighted by molar-refractivity contribution is 5.89. The fourth-order valence-electron chi connectivity index (χ4n) is 1.83. The molecule has 128 valence electrons. The maximum Gasteiger partial charge on any atom is 0.573 e. The van der Waals surface area contributed by atoms with Gasteiger partial charge in [-0.25, -0.2) is 4.79 Å². The molecule has 0 aliphatic carbocycles. The molecule has 7 heteroatoms. The predicted octanol–water partition coefficient (Wildman–Crippen LogP) is 4.13. The van der Waals surface area contributed by atoms with Crippen molar-refractivity contribution in [2.45, 2.75) is 13.3 Å². The molecule has 4 nitrogen and oxygen atoms in total. The van der Waals surface area contributed by atoms with Crippen LogP contribution in [0.15, 0.2) is 48.5 Å². The van der Waals surface area contributed by atoms with Gasteiger partial charge in [0.25, 0.3) is 0 Å². The Morgan fingerprint density at radius 1 is 1.00 bits per heavy atom. The summed E-state index contributed by atoms with van der Waals surface area (Å²) in [6, 6.07) is 12.0. The Morgan fingerprint density at radius 2 is 1.67 bits per heavy atom. The molecule has 24 heavy (non-hydrogen) atoms. The van der Waals surface area contributed by atoms with Crippen LogP contribution in [0, 0.1) is 6.92 Å². The van der Waals surface area contributed by atoms with E-state index in [0.717, 1.165) is 17.7 Å². The second kappa shape index (κ2) is 7.72. The number of hydrogen-bond acceptors (Lipinski definition) is 4. The van der Waals surface area contributed by atoms with Gasteiger partial charge in [-0.05, 0) is 31.2 Å². The molecule has 2 aromatic rings. The molecule has 0 saturated carbocycles. The minimum absolute atomic E-state index is 0.00702. The number of hydrogen-bond donors (Lipinski definition) is 0. The second-order valence-electron chi connectivity index (χ2n) is 4.87. The molecule has 0 aliphatic rings. The number of carbonyl (C=O) groups excluding carboxylic acids is 1. The van der Waals surface area contributed by atoms with Gasteiger partial charge < -0.3 is 14.2 Å². The summed E-state index contributed by atoms with van der Waals surface area (Å²) in [6.07, 6.45) is -4.76. The molecule has 0 saturated heterocycles. The quantitative estimate of drug-likeness (QED) is 0.586. The molecule has 0 unspecified atom stereocenters. The van der Waals surface area contributed by atoms with E-state index >= 15 is 0 Å². The highest BCUT2D eigenvalue weighted by Crippen LogP contribution is 2.25. The summed E-state index contributed by atoms with van der Waals surface area (Å²) in [5.74, 6) is -0.687. The Labute approximate surface area is 136 Å². The van der Waals surface area contributed by atoms with Crippen molar-refractivity contribution in [1.29, 1.82) is 0 Å². The van der Waals surface area contributed by atoms with Crippen LogP contribution in [-0.2, 0) is 4.74 Å². The first kappa shape index (κ1) is 17.7. The lowest BCUT2D eigenvalue weighted by Crippen LogP contribution is -2.17. The Morgan fingerprint density at radius 3 is 2.33 bits per heavy atom. The van der Waals surface area contributed by atoms with Crippen LogP contribution in [0.2, 0.25) is 0 Å². The van der Waals surface area contributed by atoms with Gasteiger partial charge in [0.1, 0.15) is 24.7 Å². The van der Waals surface area contributed by atoms with Crippen molar-refractivity contribution in [2.24, 2.45) is 0 Å². The van der Waals surface area contributed by atoms with Crippen LogP contribution >= 0.6 is 0 Å². The van der Waals surface area contributed by atoms with E-state index in [2.05, 4.69) is 4.74 Å². The normalized spacial score (nSPS) is 11.0. The molecular formula is C17H15F3O4. The molecule has 2 rings (SSSR count). The summed E-state index contributed by atoms with van der Waals surface area (Å²) in [7, 11) is 0. The average Bonchev–Trinajstić information content (AvgIpc) is 2.51. The van der Waals surface area contributed by atoms with Crippen LogP contribution < -0.4 is 9.47 Å². The first-order valence-corrected chi connectivity index (χ1v) is 7.06. The monoisotopic (exact) mass is 340 g/mol. The number of benzene rings is 2. The fraction of sp³-hybridized carbons (Fsp3) is 0.235. The van der Waals surface area contributed by atoms with Crippen LogP contribution in [-0.4, -0.2) is 25.5 Å². The van der Waals surface area contributed by atoms with E-state index in [1.54, 1.807) is 24.3 Å². The molecule has 0 aromatic heterocycles. The van der Waals surface area contributed by atoms with Gasteiger partial charge in [-0.15, -0.1) is 13.2 Å². The van der Waals surface area contributed by atoms with Crippen molar-refractivity contribution < 1.29 is 32.2 Å². The van der Waals surface area contributed by atoms with Gasteiger partial charge in [-0.1, -0.05) is 23.8 Å². The van der Waals surface area contributed by atoms with Gasteiger partial charge in [-0.2, -0.15) is 0 Å². The first-order valence-electron chi connectivity index (χ1n) is 7.06. The minimum Gasteiger partial charge on any atom is -0.490 e. The van der Waals surface area contributed by atoms with E-state index < -0.39 is 12.3 Å². The minimum atomic E-state index is -4.76. The zero-order valence-electron chi connectivity index (χ0n) is 12.8. The summed E-state index contributed by atoms with van der Waals surface area (Å²) < 4.78 is 50.5. The van der Waals surface area contributed by atoms with E-state index in [-0.39, 0.29) is 24.7 Å². The molecule has 2 aromatic carbocycles. The van der Waals surface area contributed by atoms with Gasteiger partial charge in [0.15, 0.2) is 0 Å². The first-order chi connectivity index (χ1) is 11.3. The Kier molecular flexibility index (Phi) is 5.68. The van der Waals surface area contributed by atoms with E-state index in [0.29, 0.717) is 5.56 Å². The molecule has 0 aliphatic heterocycles. The van der Waals surface area contributed by atoms with Crippen LogP contribution in [0.5, 0.6) is 11.5 Å². The highest BCUT2D eigenvalue weighted by Gasteiger charge is 2.31. The van der Waals surface area contributed by atoms with Crippen molar-refractivity contribution in [3.05, 3.63) is 59.7 Å². The number of ether oxygens (including phenoxy) is 3. The molecule has 0 bridgehead atoms. The molecule has 0 atom stereocenters. The van der Waals surface area contributed by atoms with Gasteiger partial charge in [0.2, 0.25) is 0 Å². The molecule has 0 fully saturated rings. The summed E-state index contributed by atoms with van der Waals surface area (Å²) in [5.41, 5.74) is 1.44. The van der Waals surface area contributed by atoms with Crippen LogP contribution in [0.25, 0.3) is 0 Å². The third-order valence-corrected chi connectivity index (χ3v) is 2.91. The molecule has 0 radical (unpaired) electrons. The summed E-state index contributed by atoms with van der Waals surface area (Å²) in [6.45, 7) is 1.88. The number of aryl methyl sites for hydroxylation is 1. The van der Waals surface area contributed by atoms with E-state index in [4.69, 9.17) is 9.47 Å². The summed E-state index contributed by atoms with van der Waals surface area (Å²) in [4.78, 5) is 11.8. The number of rotatable bonds is 6. The smallest absolute Gasteiger partial charge is 0.490 e. The van der Waals surface area contributed by atoms with Crippen LogP contribution in [0.4, 0.5) is 13.2 Å². The van der Waals surface area contributed by atoms with Gasteiger partial charge in [-0.3, -0.25) is 0 Å². The number of carbonyl (C=O) groups is 1. The zero-order valence-corrected chi connectivity index (χ0v) is 12.8. The Bertz CT molecular complexity index is 681. The van der Waals surface area contributed by atoms with Crippen molar-refractivity contribution in [3.63, 3.8) is 0 Å². The van der Waals surface area contributed by atoms with Crippen molar-refractivity contribution in [1.82, 2.24) is 0 Å². The molecule has 0 amide bonds. The lowest BCUT2D eigenvalue weighted by atomic mass is 10.1. The van der Waals surface area contributed by atoms with Gasteiger partial charge >= 0.3 is 12.3 Å². The second-order valence-corrected chi connectivity index (χ2v) is 4.87. The molecule has 0 heterocycles. The van der Waals surface area contributed by atoms with E-state index in [1.807, 2.05) is 6.92 Å². The molecule has 0 N–H and O–H groups in total. The van der Waals surface area contributed by atoms with E-state index in [9.17, 15) is 18.0 Å². The standard InChI is InChI=1S/C17H15F3O4/c1-12-5-7-13(8-6-12)16(21)23-10-9-22-14-3-2-4-15(11-14)24-17(18,19)20/h2-8,11H,9-10H2,1H3. The molecule has 0 spiro atoms. The third kappa shape index (κ3) is 5.83. The van der Waals surface area contributed by atoms with Crippen molar-refractivity contribution >= 4 is 5.97 Å². The number of esters is 1. The maximum atomic E-state index is 12.1. The Balaban J connectivity index is 1.79. The van der Waals surface area contributed by atoms with Crippen LogP contribution in [0.3, 0.4) is 0 Å². The topological polar surface area (TPSA) is 44.8 Å².